The number of hydrogen-bond acceptors (Lipinski definition) is 2. The summed E-state index contributed by atoms with van der Waals surface area (Å²) >= 11 is 4.05. The van der Waals surface area contributed by atoms with E-state index in [2.05, 4.69) is 17.9 Å². The summed E-state index contributed by atoms with van der Waals surface area (Å²) in [5.41, 5.74) is 0. The fourth-order valence-electron chi connectivity index (χ4n) is 0.876. The number of nitrogens with one attached hydrogen (secondary N) is 1. The Morgan fingerprint density at radius 1 is 1.80 bits per heavy atom. The summed E-state index contributed by atoms with van der Waals surface area (Å²) in [6, 6.07) is 0. The van der Waals surface area contributed by atoms with Crippen LogP contribution in [-0.4, -0.2) is 11.3 Å². The Kier molecular flexibility index (Phi) is 2.60. The van der Waals surface area contributed by atoms with Crippen molar-refractivity contribution in [3.8, 4) is 0 Å². The van der Waals surface area contributed by atoms with Crippen molar-refractivity contribution in [3.05, 3.63) is 0 Å². The molecule has 1 aliphatic rings. The Morgan fingerprint density at radius 3 is 2.80 bits per heavy atom. The molecule has 1 amide bonds. The molecular weight excluding hydrogens is 146 g/mol. The van der Waals surface area contributed by atoms with Crippen LogP contribution in [0.2, 0.25) is 0 Å². The Bertz CT molecular complexity index is 126. The molecule has 58 valence electrons. The first-order valence-electron chi connectivity index (χ1n) is 3.66. The van der Waals surface area contributed by atoms with Gasteiger partial charge in [-0.15, -0.1) is 0 Å². The van der Waals surface area contributed by atoms with Crippen LogP contribution in [0.25, 0.3) is 0 Å². The zero-order valence-corrected chi connectivity index (χ0v) is 7.03. The third kappa shape index (κ3) is 3.11. The molecule has 0 aromatic carbocycles. The van der Waals surface area contributed by atoms with Crippen LogP contribution in [-0.2, 0) is 4.79 Å². The molecule has 1 aliphatic carbocycles. The fourth-order valence-corrected chi connectivity index (χ4v) is 1.02. The summed E-state index contributed by atoms with van der Waals surface area (Å²) in [6.45, 7) is 1.86. The maximum atomic E-state index is 10.9. The van der Waals surface area contributed by atoms with Crippen molar-refractivity contribution in [1.82, 2.24) is 5.32 Å². The molecule has 0 bridgehead atoms. The molecule has 1 N–H and O–H groups in total. The first-order chi connectivity index (χ1) is 4.68. The van der Waals surface area contributed by atoms with E-state index in [1.165, 1.54) is 12.8 Å². The van der Waals surface area contributed by atoms with Gasteiger partial charge in [-0.25, -0.2) is 0 Å². The normalized spacial score (nSPS) is 20.2. The topological polar surface area (TPSA) is 29.1 Å². The first-order valence-corrected chi connectivity index (χ1v) is 4.17. The lowest BCUT2D eigenvalue weighted by Gasteiger charge is -2.05. The van der Waals surface area contributed by atoms with Crippen LogP contribution in [0.3, 0.4) is 0 Å². The number of carbonyl (C=O) groups excluding carboxylic acids is 1. The lowest BCUT2D eigenvalue weighted by Crippen LogP contribution is -2.28. The minimum Gasteiger partial charge on any atom is -0.345 e. The van der Waals surface area contributed by atoms with Gasteiger partial charge in [-0.05, 0) is 25.7 Å². The molecule has 0 saturated heterocycles. The Morgan fingerprint density at radius 2 is 2.40 bits per heavy atom. The zero-order chi connectivity index (χ0) is 7.56. The molecule has 10 heavy (non-hydrogen) atoms. The van der Waals surface area contributed by atoms with Crippen LogP contribution in [0.15, 0.2) is 0 Å². The van der Waals surface area contributed by atoms with Crippen LogP contribution >= 0.6 is 12.6 Å². The highest BCUT2D eigenvalue weighted by atomic mass is 32.1. The number of carbonyl (C=O) groups is 1. The average Bonchev–Trinajstić information content (AvgIpc) is 2.46. The molecule has 1 saturated carbocycles. The zero-order valence-electron chi connectivity index (χ0n) is 6.13. The lowest BCUT2D eigenvalue weighted by molar-refractivity contribution is -0.121. The van der Waals surface area contributed by atoms with E-state index in [9.17, 15) is 4.79 Å². The highest BCUT2D eigenvalue weighted by Crippen LogP contribution is 2.32. The van der Waals surface area contributed by atoms with Crippen LogP contribution < -0.4 is 5.32 Å². The number of amides is 1. The molecule has 1 rings (SSSR count). The van der Waals surface area contributed by atoms with Gasteiger partial charge in [-0.3, -0.25) is 4.79 Å². The highest BCUT2D eigenvalue weighted by Gasteiger charge is 2.24. The molecule has 0 aliphatic heterocycles. The second-order valence-electron chi connectivity index (χ2n) is 2.89. The highest BCUT2D eigenvalue weighted by molar-refractivity contribution is 7.80. The summed E-state index contributed by atoms with van der Waals surface area (Å²) in [7, 11) is 0. The summed E-state index contributed by atoms with van der Waals surface area (Å²) in [5, 5.41) is 2.73. The summed E-state index contributed by atoms with van der Waals surface area (Å²) in [5.74, 6) is 0.817. The molecule has 0 aromatic heterocycles. The third-order valence-electron chi connectivity index (χ3n) is 1.54. The van der Waals surface area contributed by atoms with E-state index in [0.29, 0.717) is 12.3 Å². The third-order valence-corrected chi connectivity index (χ3v) is 1.67. The van der Waals surface area contributed by atoms with Crippen LogP contribution in [0, 0.1) is 5.92 Å². The van der Waals surface area contributed by atoms with Gasteiger partial charge >= 0.3 is 0 Å². The van der Waals surface area contributed by atoms with E-state index in [-0.39, 0.29) is 11.3 Å². The summed E-state index contributed by atoms with van der Waals surface area (Å²) in [6.07, 6.45) is 3.16. The molecule has 0 aromatic rings. The Hall–Kier alpha value is -0.180. The van der Waals surface area contributed by atoms with Gasteiger partial charge in [0, 0.05) is 6.42 Å². The maximum Gasteiger partial charge on any atom is 0.221 e. The molecule has 0 radical (unpaired) electrons. The number of rotatable bonds is 3. The van der Waals surface area contributed by atoms with E-state index in [1.807, 2.05) is 6.92 Å². The van der Waals surface area contributed by atoms with Crippen molar-refractivity contribution < 1.29 is 4.79 Å². The smallest absolute Gasteiger partial charge is 0.221 e. The van der Waals surface area contributed by atoms with Crippen LogP contribution in [0.4, 0.5) is 0 Å². The van der Waals surface area contributed by atoms with Gasteiger partial charge in [0.15, 0.2) is 0 Å². The van der Waals surface area contributed by atoms with E-state index < -0.39 is 0 Å². The first kappa shape index (κ1) is 7.92. The van der Waals surface area contributed by atoms with Crippen molar-refractivity contribution in [1.29, 1.82) is 0 Å². The Labute approximate surface area is 66.8 Å². The van der Waals surface area contributed by atoms with Gasteiger partial charge in [0.25, 0.3) is 0 Å². The number of thiol groups is 1. The molecule has 0 unspecified atom stereocenters. The predicted octanol–water partition coefficient (Wildman–Crippen LogP) is 1.18. The van der Waals surface area contributed by atoms with Gasteiger partial charge in [0.2, 0.25) is 5.91 Å². The maximum absolute atomic E-state index is 10.9. The molecule has 3 heteroatoms. The standard InChI is InChI=1S/C7H13NOS/c1-5(10)8-7(9)4-6-2-3-6/h5-6,10H,2-4H2,1H3,(H,8,9)/t5-/m0/s1. The molecule has 0 heterocycles. The van der Waals surface area contributed by atoms with Crippen molar-refractivity contribution >= 4 is 18.5 Å². The van der Waals surface area contributed by atoms with E-state index in [0.717, 1.165) is 0 Å². The molecule has 1 fully saturated rings. The van der Waals surface area contributed by atoms with Gasteiger partial charge in [0.05, 0.1) is 5.37 Å². The van der Waals surface area contributed by atoms with E-state index >= 15 is 0 Å². The van der Waals surface area contributed by atoms with Crippen LogP contribution in [0.5, 0.6) is 0 Å². The monoisotopic (exact) mass is 159 g/mol. The molecule has 1 atom stereocenters. The van der Waals surface area contributed by atoms with Crippen LogP contribution in [0.1, 0.15) is 26.2 Å². The Balaban J connectivity index is 2.08. The van der Waals surface area contributed by atoms with Crippen molar-refractivity contribution in [2.45, 2.75) is 31.6 Å². The van der Waals surface area contributed by atoms with Crippen molar-refractivity contribution in [2.24, 2.45) is 5.92 Å². The minimum atomic E-state index is -0.00810. The molecule has 0 spiro atoms. The summed E-state index contributed by atoms with van der Waals surface area (Å²) in [4.78, 5) is 10.9. The minimum absolute atomic E-state index is 0.00810. The van der Waals surface area contributed by atoms with Crippen molar-refractivity contribution in [3.63, 3.8) is 0 Å². The lowest BCUT2D eigenvalue weighted by atomic mass is 10.3. The van der Waals surface area contributed by atoms with E-state index in [4.69, 9.17) is 0 Å². The van der Waals surface area contributed by atoms with Gasteiger partial charge in [-0.1, -0.05) is 0 Å². The fraction of sp³-hybridized carbons (Fsp3) is 0.857. The quantitative estimate of drug-likeness (QED) is 0.470. The summed E-state index contributed by atoms with van der Waals surface area (Å²) < 4.78 is 0. The second-order valence-corrected chi connectivity index (χ2v) is 3.67. The van der Waals surface area contributed by atoms with Gasteiger partial charge in [-0.2, -0.15) is 12.6 Å². The van der Waals surface area contributed by atoms with E-state index in [1.54, 1.807) is 0 Å². The molecule has 2 nitrogen and oxygen atoms in total. The second kappa shape index (κ2) is 3.28. The SMILES string of the molecule is C[C@H](S)NC(=O)CC1CC1. The molecular formula is C7H13NOS. The number of hydrogen-bond donors (Lipinski definition) is 2. The average molecular weight is 159 g/mol. The van der Waals surface area contributed by atoms with Gasteiger partial charge < -0.3 is 5.32 Å². The van der Waals surface area contributed by atoms with Crippen molar-refractivity contribution in [2.75, 3.05) is 0 Å². The van der Waals surface area contributed by atoms with Gasteiger partial charge in [0.1, 0.15) is 0 Å². The predicted molar refractivity (Wildman–Crippen MR) is 43.9 cm³/mol. The largest absolute Gasteiger partial charge is 0.345 e.